The number of nitrogens with zero attached hydrogens (tertiary/aromatic N) is 6. The molecule has 2 saturated heterocycles. The number of carbonyl (C=O) groups excluding carboxylic acids is 1. The van der Waals surface area contributed by atoms with Gasteiger partial charge in [-0.15, -0.1) is 0 Å². The van der Waals surface area contributed by atoms with Crippen LogP contribution >= 0.6 is 11.3 Å². The maximum atomic E-state index is 13.7. The molecule has 0 bridgehead atoms. The molecule has 0 saturated carbocycles. The molecule has 2 fully saturated rings. The molecule has 2 aromatic carbocycles. The molecule has 2 atom stereocenters. The van der Waals surface area contributed by atoms with E-state index in [1.54, 1.807) is 23.7 Å². The van der Waals surface area contributed by atoms with E-state index in [-0.39, 0.29) is 5.91 Å². The number of fused-ring (bicyclic) bond motifs is 1. The Kier molecular flexibility index (Phi) is 5.40. The zero-order chi connectivity index (χ0) is 24.1. The van der Waals surface area contributed by atoms with E-state index in [0.29, 0.717) is 24.1 Å². The number of thiazole rings is 1. The number of piperidine rings is 1. The number of rotatable bonds is 4. The molecule has 0 N–H and O–H groups in total. The summed E-state index contributed by atoms with van der Waals surface area (Å²) in [5, 5.41) is 9.57. The summed E-state index contributed by atoms with van der Waals surface area (Å²) in [7, 11) is 0. The number of aryl methyl sites for hydroxylation is 3. The van der Waals surface area contributed by atoms with Gasteiger partial charge in [0.25, 0.3) is 5.91 Å². The average molecular weight is 485 g/mol. The smallest absolute Gasteiger partial charge is 0.256 e. The molecule has 1 amide bonds. The lowest BCUT2D eigenvalue weighted by Crippen LogP contribution is -2.65. The number of amides is 1. The fraction of sp³-hybridized carbons (Fsp3) is 0.333. The molecular weight excluding hydrogens is 456 g/mol. The van der Waals surface area contributed by atoms with Gasteiger partial charge in [0.1, 0.15) is 0 Å². The molecule has 2 aliphatic rings. The number of aromatic nitrogens is 4. The van der Waals surface area contributed by atoms with Crippen molar-refractivity contribution in [3.8, 4) is 16.1 Å². The third kappa shape index (κ3) is 3.91. The second-order valence-electron chi connectivity index (χ2n) is 9.64. The van der Waals surface area contributed by atoms with Gasteiger partial charge in [-0.3, -0.25) is 4.79 Å². The summed E-state index contributed by atoms with van der Waals surface area (Å²) >= 11 is 1.76. The normalized spacial score (nSPS) is 19.4. The van der Waals surface area contributed by atoms with Gasteiger partial charge in [-0.25, -0.2) is 4.98 Å². The second-order valence-corrected chi connectivity index (χ2v) is 10.6. The van der Waals surface area contributed by atoms with Crippen molar-refractivity contribution in [3.63, 3.8) is 0 Å². The number of benzene rings is 2. The van der Waals surface area contributed by atoms with Crippen LogP contribution < -0.4 is 4.90 Å². The van der Waals surface area contributed by atoms with Crippen molar-refractivity contribution in [1.29, 1.82) is 0 Å². The first-order chi connectivity index (χ1) is 17.0. The summed E-state index contributed by atoms with van der Waals surface area (Å²) in [5.74, 6) is 0.650. The Hall–Kier alpha value is -3.52. The van der Waals surface area contributed by atoms with Gasteiger partial charge in [-0.1, -0.05) is 52.8 Å². The van der Waals surface area contributed by atoms with E-state index in [2.05, 4.69) is 53.2 Å². The summed E-state index contributed by atoms with van der Waals surface area (Å²) in [5.41, 5.74) is 5.96. The average Bonchev–Trinajstić information content (AvgIpc) is 3.49. The number of hydrogen-bond donors (Lipinski definition) is 0. The van der Waals surface area contributed by atoms with Crippen LogP contribution in [0.1, 0.15) is 33.6 Å². The van der Waals surface area contributed by atoms with E-state index in [1.165, 1.54) is 20.8 Å². The van der Waals surface area contributed by atoms with Crippen molar-refractivity contribution in [3.05, 3.63) is 77.2 Å². The van der Waals surface area contributed by atoms with Crippen molar-refractivity contribution in [2.75, 3.05) is 24.5 Å². The first-order valence-corrected chi connectivity index (χ1v) is 12.9. The number of likely N-dealkylation sites (tertiary alicyclic amines) is 1. The summed E-state index contributed by atoms with van der Waals surface area (Å²) in [6.07, 6.45) is 4.28. The Bertz CT molecular complexity index is 1390. The van der Waals surface area contributed by atoms with Crippen molar-refractivity contribution < 1.29 is 4.79 Å². The van der Waals surface area contributed by atoms with Crippen molar-refractivity contribution >= 4 is 22.4 Å². The number of anilines is 1. The standard InChI is InChI=1S/C27H28N6OS/c1-17-5-4-6-20(13-17)25-19(3)30-27(35-25)32-15-21-9-12-31(16-24(21)32)26(34)22-14-18(2)7-8-23(22)33-28-10-11-29-33/h4-8,10-11,13-14,21,24H,9,12,15-16H2,1-3H3/t21-,24+/m0/s1. The molecular formula is C27H28N6OS. The number of hydrogen-bond acceptors (Lipinski definition) is 6. The minimum atomic E-state index is 0.0436. The fourth-order valence-electron chi connectivity index (χ4n) is 5.27. The van der Waals surface area contributed by atoms with Crippen LogP contribution in [-0.2, 0) is 0 Å². The molecule has 4 heterocycles. The van der Waals surface area contributed by atoms with Crippen LogP contribution in [0.25, 0.3) is 16.1 Å². The van der Waals surface area contributed by atoms with Crippen LogP contribution in [0.5, 0.6) is 0 Å². The highest BCUT2D eigenvalue weighted by atomic mass is 32.1. The highest BCUT2D eigenvalue weighted by Gasteiger charge is 2.45. The van der Waals surface area contributed by atoms with Gasteiger partial charge in [0.15, 0.2) is 5.13 Å². The van der Waals surface area contributed by atoms with Crippen molar-refractivity contribution in [2.45, 2.75) is 33.2 Å². The molecule has 8 heteroatoms. The lowest BCUT2D eigenvalue weighted by Gasteiger charge is -2.53. The summed E-state index contributed by atoms with van der Waals surface area (Å²) in [4.78, 5) is 25.8. The molecule has 0 unspecified atom stereocenters. The van der Waals surface area contributed by atoms with E-state index in [4.69, 9.17) is 4.98 Å². The molecule has 0 radical (unpaired) electrons. The zero-order valence-electron chi connectivity index (χ0n) is 20.2. The number of carbonyl (C=O) groups is 1. The quantitative estimate of drug-likeness (QED) is 0.421. The third-order valence-electron chi connectivity index (χ3n) is 7.17. The van der Waals surface area contributed by atoms with Crippen LogP contribution in [0.3, 0.4) is 0 Å². The summed E-state index contributed by atoms with van der Waals surface area (Å²) in [6.45, 7) is 8.72. The molecule has 4 aromatic rings. The second kappa shape index (κ2) is 8.61. The molecule has 35 heavy (non-hydrogen) atoms. The molecule has 6 rings (SSSR count). The molecule has 2 aliphatic heterocycles. The lowest BCUT2D eigenvalue weighted by atomic mass is 9.82. The fourth-order valence-corrected chi connectivity index (χ4v) is 6.40. The molecule has 0 aliphatic carbocycles. The van der Waals surface area contributed by atoms with Crippen molar-refractivity contribution in [2.24, 2.45) is 5.92 Å². The first-order valence-electron chi connectivity index (χ1n) is 12.1. The topological polar surface area (TPSA) is 67.2 Å². The van der Waals surface area contributed by atoms with Crippen LogP contribution in [0.15, 0.2) is 54.9 Å². The minimum Gasteiger partial charge on any atom is -0.343 e. The van der Waals surface area contributed by atoms with Gasteiger partial charge in [0, 0.05) is 25.6 Å². The molecule has 178 valence electrons. The van der Waals surface area contributed by atoms with E-state index < -0.39 is 0 Å². The Balaban J connectivity index is 1.24. The predicted octanol–water partition coefficient (Wildman–Crippen LogP) is 4.67. The van der Waals surface area contributed by atoms with E-state index >= 15 is 0 Å². The van der Waals surface area contributed by atoms with E-state index in [0.717, 1.165) is 41.6 Å². The maximum absolute atomic E-state index is 13.7. The van der Waals surface area contributed by atoms with Gasteiger partial charge in [-0.2, -0.15) is 15.0 Å². The predicted molar refractivity (Wildman–Crippen MR) is 138 cm³/mol. The van der Waals surface area contributed by atoms with E-state index in [9.17, 15) is 4.79 Å². The van der Waals surface area contributed by atoms with Crippen LogP contribution in [0.2, 0.25) is 0 Å². The Labute approximate surface area is 209 Å². The first kappa shape index (κ1) is 22.0. The highest BCUT2D eigenvalue weighted by molar-refractivity contribution is 7.19. The summed E-state index contributed by atoms with van der Waals surface area (Å²) in [6, 6.07) is 14.8. The third-order valence-corrected chi connectivity index (χ3v) is 8.41. The Morgan fingerprint density at radius 3 is 2.60 bits per heavy atom. The Morgan fingerprint density at radius 1 is 1.00 bits per heavy atom. The minimum absolute atomic E-state index is 0.0436. The monoisotopic (exact) mass is 484 g/mol. The summed E-state index contributed by atoms with van der Waals surface area (Å²) < 4.78 is 0. The lowest BCUT2D eigenvalue weighted by molar-refractivity contribution is 0.0592. The van der Waals surface area contributed by atoms with Gasteiger partial charge in [0.2, 0.25) is 0 Å². The van der Waals surface area contributed by atoms with E-state index in [1.807, 2.05) is 30.0 Å². The molecule has 2 aromatic heterocycles. The highest BCUT2D eigenvalue weighted by Crippen LogP contribution is 2.42. The molecule has 7 nitrogen and oxygen atoms in total. The van der Waals surface area contributed by atoms with Crippen LogP contribution in [0.4, 0.5) is 5.13 Å². The molecule has 0 spiro atoms. The van der Waals surface area contributed by atoms with Gasteiger partial charge in [0.05, 0.1) is 40.3 Å². The van der Waals surface area contributed by atoms with Crippen molar-refractivity contribution in [1.82, 2.24) is 24.9 Å². The Morgan fingerprint density at radius 2 is 1.80 bits per heavy atom. The zero-order valence-corrected chi connectivity index (χ0v) is 21.0. The SMILES string of the molecule is Cc1cccc(-c2sc(N3C[C@@H]4CCN(C(=O)c5cc(C)ccc5-n5nccn5)C[C@H]43)nc2C)c1. The van der Waals surface area contributed by atoms with Crippen LogP contribution in [0, 0.1) is 26.7 Å². The van der Waals surface area contributed by atoms with Crippen LogP contribution in [-0.4, -0.2) is 56.5 Å². The largest absolute Gasteiger partial charge is 0.343 e. The maximum Gasteiger partial charge on any atom is 0.256 e. The van der Waals surface area contributed by atoms with Gasteiger partial charge in [-0.05, 0) is 44.9 Å². The van der Waals surface area contributed by atoms with Gasteiger partial charge < -0.3 is 9.80 Å². The van der Waals surface area contributed by atoms with Gasteiger partial charge >= 0.3 is 0 Å².